The monoisotopic (exact) mass is 428 g/mol. The Hall–Kier alpha value is -2.54. The molecule has 30 heavy (non-hydrogen) atoms. The van der Waals surface area contributed by atoms with Gasteiger partial charge >= 0.3 is 5.97 Å². The summed E-state index contributed by atoms with van der Waals surface area (Å²) in [6.45, 7) is 11.8. The molecule has 2 aliphatic heterocycles. The molecule has 0 N–H and O–H groups in total. The smallest absolute Gasteiger partial charge is 0.329 e. The highest BCUT2D eigenvalue weighted by atomic mass is 32.2. The molecule has 1 aromatic carbocycles. The average Bonchev–Trinajstić information content (AvgIpc) is 2.93. The number of nitrogens with zero attached hydrogens (tertiary/aromatic N) is 2. The number of allylic oxidation sites excluding steroid dienone is 1. The number of amides is 2. The van der Waals surface area contributed by atoms with E-state index in [4.69, 9.17) is 4.74 Å². The number of carbonyl (C=O) groups excluding carboxylic acids is 3. The number of carbonyl (C=O) groups is 3. The summed E-state index contributed by atoms with van der Waals surface area (Å²) in [6, 6.07) is 3.23. The van der Waals surface area contributed by atoms with E-state index in [9.17, 15) is 14.4 Å². The Morgan fingerprint density at radius 2 is 1.93 bits per heavy atom. The van der Waals surface area contributed by atoms with Crippen molar-refractivity contribution in [2.24, 2.45) is 0 Å². The van der Waals surface area contributed by atoms with E-state index in [1.165, 1.54) is 12.5 Å². The van der Waals surface area contributed by atoms with Gasteiger partial charge < -0.3 is 9.64 Å². The number of likely N-dealkylation sites (N-methyl/N-ethyl adjacent to an activating group) is 1. The van der Waals surface area contributed by atoms with Crippen molar-refractivity contribution in [2.45, 2.75) is 53.1 Å². The molecule has 1 fully saturated rings. The van der Waals surface area contributed by atoms with Gasteiger partial charge in [-0.1, -0.05) is 6.08 Å². The summed E-state index contributed by atoms with van der Waals surface area (Å²) in [5.74, 6) is -1.05. The van der Waals surface area contributed by atoms with Gasteiger partial charge in [0, 0.05) is 18.3 Å². The Morgan fingerprint density at radius 3 is 2.57 bits per heavy atom. The number of fused-ring (bicyclic) bond motifs is 1. The molecular formula is C23H28N2O4S. The normalized spacial score (nSPS) is 20.4. The van der Waals surface area contributed by atoms with E-state index in [2.05, 4.69) is 50.9 Å². The van der Waals surface area contributed by atoms with E-state index in [1.54, 1.807) is 13.0 Å². The molecule has 0 radical (unpaired) electrons. The summed E-state index contributed by atoms with van der Waals surface area (Å²) >= 11 is 0.853. The van der Waals surface area contributed by atoms with Crippen molar-refractivity contribution >= 4 is 46.2 Å². The van der Waals surface area contributed by atoms with Crippen LogP contribution in [0.4, 0.5) is 10.5 Å². The molecule has 2 aliphatic rings. The quantitative estimate of drug-likeness (QED) is 0.515. The van der Waals surface area contributed by atoms with Gasteiger partial charge in [0.05, 0.1) is 17.1 Å². The molecule has 0 aromatic heterocycles. The highest BCUT2D eigenvalue weighted by Crippen LogP contribution is 2.41. The molecule has 0 bridgehead atoms. The molecule has 7 heteroatoms. The van der Waals surface area contributed by atoms with Crippen LogP contribution in [0.2, 0.25) is 0 Å². The summed E-state index contributed by atoms with van der Waals surface area (Å²) in [5.41, 5.74) is 5.22. The molecule has 0 saturated carbocycles. The predicted octanol–water partition coefficient (Wildman–Crippen LogP) is 4.61. The summed E-state index contributed by atoms with van der Waals surface area (Å²) < 4.78 is 4.96. The molecule has 1 saturated heterocycles. The Balaban J connectivity index is 1.97. The van der Waals surface area contributed by atoms with Crippen LogP contribution in [-0.4, -0.2) is 47.3 Å². The molecule has 2 heterocycles. The third-order valence-corrected chi connectivity index (χ3v) is 6.61. The van der Waals surface area contributed by atoms with Crippen LogP contribution >= 0.6 is 11.8 Å². The van der Waals surface area contributed by atoms with Crippen LogP contribution in [0.3, 0.4) is 0 Å². The number of hydrogen-bond donors (Lipinski definition) is 0. The first kappa shape index (κ1) is 22.2. The number of thioether (sulfide) groups is 1. The number of imide groups is 1. The zero-order valence-corrected chi connectivity index (χ0v) is 19.3. The summed E-state index contributed by atoms with van der Waals surface area (Å²) in [4.78, 5) is 40.8. The third-order valence-electron chi connectivity index (χ3n) is 5.73. The Morgan fingerprint density at radius 1 is 1.27 bits per heavy atom. The topological polar surface area (TPSA) is 66.9 Å². The number of aryl methyl sites for hydroxylation is 1. The fourth-order valence-corrected chi connectivity index (χ4v) is 4.70. The lowest BCUT2D eigenvalue weighted by molar-refractivity contribution is -0.150. The molecule has 3 rings (SSSR count). The fraction of sp³-hybridized carbons (Fsp3) is 0.435. The Bertz CT molecular complexity index is 993. The van der Waals surface area contributed by atoms with Crippen LogP contribution in [0.25, 0.3) is 11.6 Å². The van der Waals surface area contributed by atoms with Gasteiger partial charge in [0.2, 0.25) is 0 Å². The molecule has 160 valence electrons. The van der Waals surface area contributed by atoms with Gasteiger partial charge in [-0.15, -0.1) is 0 Å². The lowest BCUT2D eigenvalue weighted by Crippen LogP contribution is -2.42. The van der Waals surface area contributed by atoms with E-state index in [-0.39, 0.29) is 12.1 Å². The van der Waals surface area contributed by atoms with Crippen LogP contribution in [0.15, 0.2) is 23.1 Å². The van der Waals surface area contributed by atoms with E-state index >= 15 is 0 Å². The minimum atomic E-state index is -0.950. The van der Waals surface area contributed by atoms with Crippen molar-refractivity contribution in [3.05, 3.63) is 39.8 Å². The van der Waals surface area contributed by atoms with Gasteiger partial charge in [0.25, 0.3) is 11.1 Å². The second kappa shape index (κ2) is 7.95. The largest absolute Gasteiger partial charge is 0.464 e. The van der Waals surface area contributed by atoms with Crippen LogP contribution in [-0.2, 0) is 14.3 Å². The molecular weight excluding hydrogens is 400 g/mol. The number of esters is 1. The van der Waals surface area contributed by atoms with Gasteiger partial charge in [-0.3, -0.25) is 14.5 Å². The lowest BCUT2D eigenvalue weighted by Gasteiger charge is -2.41. The van der Waals surface area contributed by atoms with Crippen LogP contribution < -0.4 is 4.90 Å². The third kappa shape index (κ3) is 3.78. The number of benzene rings is 1. The SMILES string of the molecule is CCOC(=O)C(C)N1C(=O)S/C(=C/c2cc3c(cc2C)N(C)C(C)(C)C=C3C)C1=O. The van der Waals surface area contributed by atoms with Crippen LogP contribution in [0.5, 0.6) is 0 Å². The minimum Gasteiger partial charge on any atom is -0.464 e. The zero-order valence-electron chi connectivity index (χ0n) is 18.5. The molecule has 1 aromatic rings. The predicted molar refractivity (Wildman–Crippen MR) is 121 cm³/mol. The second-order valence-electron chi connectivity index (χ2n) is 8.25. The maximum atomic E-state index is 12.9. The molecule has 6 nitrogen and oxygen atoms in total. The number of anilines is 1. The van der Waals surface area contributed by atoms with Gasteiger partial charge in [-0.2, -0.15) is 0 Å². The van der Waals surface area contributed by atoms with Gasteiger partial charge in [0.1, 0.15) is 6.04 Å². The van der Waals surface area contributed by atoms with E-state index in [1.807, 2.05) is 6.92 Å². The van der Waals surface area contributed by atoms with Crippen molar-refractivity contribution in [1.29, 1.82) is 0 Å². The molecule has 0 spiro atoms. The van der Waals surface area contributed by atoms with Crippen LogP contribution in [0, 0.1) is 6.92 Å². The average molecular weight is 429 g/mol. The van der Waals surface area contributed by atoms with Crippen molar-refractivity contribution in [3.63, 3.8) is 0 Å². The summed E-state index contributed by atoms with van der Waals surface area (Å²) in [5, 5.41) is -0.458. The first-order valence-corrected chi connectivity index (χ1v) is 10.8. The Kier molecular flexibility index (Phi) is 5.87. The maximum absolute atomic E-state index is 12.9. The number of rotatable bonds is 4. The highest BCUT2D eigenvalue weighted by Gasteiger charge is 2.41. The zero-order chi connectivity index (χ0) is 22.4. The fourth-order valence-electron chi connectivity index (χ4n) is 3.80. The number of ether oxygens (including phenoxy) is 1. The Labute approximate surface area is 181 Å². The van der Waals surface area contributed by atoms with Crippen LogP contribution in [0.1, 0.15) is 51.3 Å². The molecule has 1 atom stereocenters. The molecule has 1 unspecified atom stereocenters. The first-order valence-electron chi connectivity index (χ1n) is 10.00. The number of hydrogen-bond acceptors (Lipinski definition) is 6. The first-order chi connectivity index (χ1) is 14.0. The van der Waals surface area contributed by atoms with Crippen molar-refractivity contribution in [3.8, 4) is 0 Å². The molecule has 2 amide bonds. The van der Waals surface area contributed by atoms with E-state index < -0.39 is 23.2 Å². The summed E-state index contributed by atoms with van der Waals surface area (Å²) in [6.07, 6.45) is 3.97. The van der Waals surface area contributed by atoms with E-state index in [0.717, 1.165) is 39.0 Å². The second-order valence-corrected chi connectivity index (χ2v) is 9.24. The van der Waals surface area contributed by atoms with Gasteiger partial charge in [0.15, 0.2) is 0 Å². The van der Waals surface area contributed by atoms with Gasteiger partial charge in [-0.05, 0) is 88.2 Å². The van der Waals surface area contributed by atoms with E-state index in [0.29, 0.717) is 4.91 Å². The maximum Gasteiger partial charge on any atom is 0.329 e. The minimum absolute atomic E-state index is 0.0864. The van der Waals surface area contributed by atoms with Crippen molar-refractivity contribution in [1.82, 2.24) is 4.90 Å². The highest BCUT2D eigenvalue weighted by molar-refractivity contribution is 8.18. The summed E-state index contributed by atoms with van der Waals surface area (Å²) in [7, 11) is 2.07. The lowest BCUT2D eigenvalue weighted by atomic mass is 9.87. The molecule has 0 aliphatic carbocycles. The standard InChI is InChI=1S/C23H28N2O4S/c1-8-29-21(27)15(4)25-20(26)19(30-22(25)28)11-16-10-17-14(3)12-23(5,6)24(7)18(17)9-13(16)2/h9-12,15H,8H2,1-7H3/b19-11+. The van der Waals surface area contributed by atoms with Crippen molar-refractivity contribution in [2.75, 3.05) is 18.6 Å². The van der Waals surface area contributed by atoms with Gasteiger partial charge in [-0.25, -0.2) is 4.79 Å². The van der Waals surface area contributed by atoms with Crippen molar-refractivity contribution < 1.29 is 19.1 Å².